The molecule has 3 aromatic rings. The number of aryl methyl sites for hydroxylation is 1. The Labute approximate surface area is 138 Å². The van der Waals surface area contributed by atoms with E-state index in [1.807, 2.05) is 36.0 Å². The Bertz CT molecular complexity index is 761. The number of aliphatic hydroxyl groups is 1. The molecule has 122 valence electrons. The molecule has 7 heteroatoms. The van der Waals surface area contributed by atoms with Gasteiger partial charge in [-0.05, 0) is 26.0 Å². The first kappa shape index (κ1) is 15.9. The van der Waals surface area contributed by atoms with Gasteiger partial charge in [0, 0.05) is 29.7 Å². The number of rotatable bonds is 7. The smallest absolute Gasteiger partial charge is 0.162 e. The number of furan rings is 1. The van der Waals surface area contributed by atoms with E-state index in [4.69, 9.17) is 9.52 Å². The van der Waals surface area contributed by atoms with Crippen LogP contribution in [0.2, 0.25) is 0 Å². The molecular weight excluding hydrogens is 312 g/mol. The Hall–Kier alpha value is -1.96. The Morgan fingerprint density at radius 1 is 1.35 bits per heavy atom. The second-order valence-electron chi connectivity index (χ2n) is 5.32. The molecule has 0 aliphatic heterocycles. The zero-order valence-corrected chi connectivity index (χ0v) is 14.1. The van der Waals surface area contributed by atoms with E-state index in [-0.39, 0.29) is 6.61 Å². The van der Waals surface area contributed by atoms with Crippen molar-refractivity contribution in [2.45, 2.75) is 33.5 Å². The topological polar surface area (TPSA) is 76.1 Å². The molecule has 0 saturated carbocycles. The molecule has 0 unspecified atom stereocenters. The van der Waals surface area contributed by atoms with Gasteiger partial charge in [0.2, 0.25) is 0 Å². The van der Waals surface area contributed by atoms with Crippen LogP contribution in [-0.4, -0.2) is 26.5 Å². The van der Waals surface area contributed by atoms with Gasteiger partial charge in [-0.2, -0.15) is 5.10 Å². The van der Waals surface area contributed by atoms with Crippen LogP contribution >= 0.6 is 11.3 Å². The van der Waals surface area contributed by atoms with Crippen molar-refractivity contribution in [3.63, 3.8) is 0 Å². The van der Waals surface area contributed by atoms with Gasteiger partial charge in [0.15, 0.2) is 10.8 Å². The summed E-state index contributed by atoms with van der Waals surface area (Å²) in [5.74, 6) is 0.804. The molecule has 3 rings (SSSR count). The molecule has 0 aromatic carbocycles. The first-order valence-corrected chi connectivity index (χ1v) is 8.39. The average Bonchev–Trinajstić information content (AvgIpc) is 3.24. The Kier molecular flexibility index (Phi) is 4.90. The molecule has 0 spiro atoms. The Balaban J connectivity index is 1.60. The van der Waals surface area contributed by atoms with E-state index >= 15 is 0 Å². The van der Waals surface area contributed by atoms with Crippen LogP contribution in [0.3, 0.4) is 0 Å². The van der Waals surface area contributed by atoms with Crippen LogP contribution in [0.4, 0.5) is 0 Å². The predicted molar refractivity (Wildman–Crippen MR) is 89.1 cm³/mol. The summed E-state index contributed by atoms with van der Waals surface area (Å²) in [6.45, 7) is 6.09. The lowest BCUT2D eigenvalue weighted by Crippen LogP contribution is -2.14. The van der Waals surface area contributed by atoms with E-state index in [0.717, 1.165) is 34.4 Å². The zero-order chi connectivity index (χ0) is 16.2. The first-order chi connectivity index (χ1) is 11.2. The van der Waals surface area contributed by atoms with Crippen LogP contribution < -0.4 is 5.32 Å². The molecule has 3 aromatic heterocycles. The van der Waals surface area contributed by atoms with Crippen molar-refractivity contribution >= 4 is 11.3 Å². The number of aliphatic hydroxyl groups excluding tert-OH is 1. The van der Waals surface area contributed by atoms with Crippen LogP contribution in [-0.2, 0) is 19.6 Å². The van der Waals surface area contributed by atoms with Gasteiger partial charge in [-0.25, -0.2) is 4.98 Å². The van der Waals surface area contributed by atoms with Gasteiger partial charge in [-0.15, -0.1) is 11.3 Å². The van der Waals surface area contributed by atoms with E-state index in [9.17, 15) is 0 Å². The fourth-order valence-corrected chi connectivity index (χ4v) is 3.31. The number of nitrogens with one attached hydrogen (secondary N) is 1. The molecule has 0 aliphatic rings. The normalized spacial score (nSPS) is 11.3. The van der Waals surface area contributed by atoms with Gasteiger partial charge < -0.3 is 14.8 Å². The van der Waals surface area contributed by atoms with Crippen LogP contribution in [0.1, 0.15) is 22.6 Å². The molecule has 0 amide bonds. The van der Waals surface area contributed by atoms with E-state index in [1.165, 1.54) is 5.56 Å². The summed E-state index contributed by atoms with van der Waals surface area (Å²) in [5, 5.41) is 19.9. The maximum Gasteiger partial charge on any atom is 0.162 e. The van der Waals surface area contributed by atoms with Crippen molar-refractivity contribution in [1.82, 2.24) is 20.1 Å². The number of hydrogen-bond donors (Lipinski definition) is 2. The molecular formula is C16H20N4O2S. The Morgan fingerprint density at radius 2 is 2.22 bits per heavy atom. The summed E-state index contributed by atoms with van der Waals surface area (Å²) in [6.07, 6.45) is 1.66. The highest BCUT2D eigenvalue weighted by atomic mass is 32.1. The average molecular weight is 332 g/mol. The van der Waals surface area contributed by atoms with Crippen LogP contribution in [0.25, 0.3) is 10.8 Å². The van der Waals surface area contributed by atoms with Crippen molar-refractivity contribution in [3.8, 4) is 10.8 Å². The standard InChI is InChI=1S/C16H20N4O2S/c1-11-14(12(2)20(19-11)5-6-21)9-17-8-13-10-23-16(18-13)15-4-3-7-22-15/h3-4,7,10,17,21H,5-6,8-9H2,1-2H3. The molecule has 0 bridgehead atoms. The van der Waals surface area contributed by atoms with Gasteiger partial charge in [-0.1, -0.05) is 0 Å². The third-order valence-corrected chi connectivity index (χ3v) is 4.64. The number of hydrogen-bond acceptors (Lipinski definition) is 6. The van der Waals surface area contributed by atoms with Crippen LogP contribution in [0.15, 0.2) is 28.2 Å². The third kappa shape index (κ3) is 3.52. The molecule has 6 nitrogen and oxygen atoms in total. The maximum atomic E-state index is 9.06. The van der Waals surface area contributed by atoms with Crippen molar-refractivity contribution < 1.29 is 9.52 Å². The molecule has 23 heavy (non-hydrogen) atoms. The molecule has 0 fully saturated rings. The SMILES string of the molecule is Cc1nn(CCO)c(C)c1CNCc1csc(-c2ccco2)n1. The predicted octanol–water partition coefficient (Wildman–Crippen LogP) is 2.50. The molecule has 0 saturated heterocycles. The Morgan fingerprint density at radius 3 is 2.96 bits per heavy atom. The summed E-state index contributed by atoms with van der Waals surface area (Å²) >= 11 is 1.58. The minimum atomic E-state index is 0.100. The van der Waals surface area contributed by atoms with E-state index in [0.29, 0.717) is 13.1 Å². The number of thiazole rings is 1. The molecule has 0 aliphatic carbocycles. The lowest BCUT2D eigenvalue weighted by molar-refractivity contribution is 0.267. The van der Waals surface area contributed by atoms with E-state index in [2.05, 4.69) is 15.4 Å². The third-order valence-electron chi connectivity index (χ3n) is 3.73. The van der Waals surface area contributed by atoms with Gasteiger partial charge in [0.25, 0.3) is 0 Å². The lowest BCUT2D eigenvalue weighted by Gasteiger charge is -2.05. The first-order valence-electron chi connectivity index (χ1n) is 7.51. The van der Waals surface area contributed by atoms with Gasteiger partial charge >= 0.3 is 0 Å². The highest BCUT2D eigenvalue weighted by molar-refractivity contribution is 7.13. The summed E-state index contributed by atoms with van der Waals surface area (Å²) in [5.41, 5.74) is 4.27. The minimum Gasteiger partial charge on any atom is -0.462 e. The maximum absolute atomic E-state index is 9.06. The fourth-order valence-electron chi connectivity index (χ4n) is 2.52. The number of nitrogens with zero attached hydrogens (tertiary/aromatic N) is 3. The highest BCUT2D eigenvalue weighted by Crippen LogP contribution is 2.23. The molecule has 2 N–H and O–H groups in total. The van der Waals surface area contributed by atoms with Crippen molar-refractivity contribution in [2.75, 3.05) is 6.61 Å². The quantitative estimate of drug-likeness (QED) is 0.695. The van der Waals surface area contributed by atoms with Crippen molar-refractivity contribution in [2.24, 2.45) is 0 Å². The van der Waals surface area contributed by atoms with Gasteiger partial charge in [0.1, 0.15) is 0 Å². The summed E-state index contributed by atoms with van der Waals surface area (Å²) < 4.78 is 7.21. The minimum absolute atomic E-state index is 0.100. The largest absolute Gasteiger partial charge is 0.462 e. The second-order valence-corrected chi connectivity index (χ2v) is 6.18. The van der Waals surface area contributed by atoms with Crippen LogP contribution in [0, 0.1) is 13.8 Å². The number of aromatic nitrogens is 3. The molecule has 0 radical (unpaired) electrons. The monoisotopic (exact) mass is 332 g/mol. The summed E-state index contributed by atoms with van der Waals surface area (Å²) in [6, 6.07) is 3.78. The van der Waals surface area contributed by atoms with E-state index < -0.39 is 0 Å². The molecule has 3 heterocycles. The van der Waals surface area contributed by atoms with Crippen LogP contribution in [0.5, 0.6) is 0 Å². The fraction of sp³-hybridized carbons (Fsp3) is 0.375. The lowest BCUT2D eigenvalue weighted by atomic mass is 10.2. The molecule has 0 atom stereocenters. The summed E-state index contributed by atoms with van der Waals surface area (Å²) in [7, 11) is 0. The van der Waals surface area contributed by atoms with Gasteiger partial charge in [-0.3, -0.25) is 4.68 Å². The highest BCUT2D eigenvalue weighted by Gasteiger charge is 2.11. The van der Waals surface area contributed by atoms with E-state index in [1.54, 1.807) is 17.6 Å². The second kappa shape index (κ2) is 7.08. The van der Waals surface area contributed by atoms with Gasteiger partial charge in [0.05, 0.1) is 30.8 Å². The van der Waals surface area contributed by atoms with Crippen molar-refractivity contribution in [1.29, 1.82) is 0 Å². The summed E-state index contributed by atoms with van der Waals surface area (Å²) in [4.78, 5) is 4.57. The van der Waals surface area contributed by atoms with Crippen molar-refractivity contribution in [3.05, 3.63) is 46.4 Å². The zero-order valence-electron chi connectivity index (χ0n) is 13.2.